The van der Waals surface area contributed by atoms with E-state index in [-0.39, 0.29) is 12.5 Å². The minimum atomic E-state index is -1.50. The molecule has 1 aliphatic heterocycles. The van der Waals surface area contributed by atoms with Crippen molar-refractivity contribution >= 4 is 6.03 Å². The summed E-state index contributed by atoms with van der Waals surface area (Å²) in [5, 5.41) is 80.8. The zero-order valence-corrected chi connectivity index (χ0v) is 23.2. The van der Waals surface area contributed by atoms with Crippen molar-refractivity contribution in [2.75, 3.05) is 39.6 Å². The van der Waals surface area contributed by atoms with Gasteiger partial charge in [0.05, 0.1) is 44.4 Å². The molecule has 10 N–H and O–H groups in total. The van der Waals surface area contributed by atoms with E-state index < -0.39 is 68.5 Å². The first-order valence-corrected chi connectivity index (χ1v) is 13.6. The number of aliphatic hydroxyl groups excluding tert-OH is 7. The van der Waals surface area contributed by atoms with E-state index in [1.165, 1.54) is 0 Å². The van der Waals surface area contributed by atoms with Gasteiger partial charge in [-0.3, -0.25) is 5.10 Å². The minimum absolute atomic E-state index is 0.0468. The summed E-state index contributed by atoms with van der Waals surface area (Å²) in [6.45, 7) is 2.18. The van der Waals surface area contributed by atoms with Gasteiger partial charge in [0.2, 0.25) is 0 Å². The lowest BCUT2D eigenvalue weighted by Gasteiger charge is -2.40. The Morgan fingerprint density at radius 1 is 1.05 bits per heavy atom. The second-order valence-electron chi connectivity index (χ2n) is 10.6. The molecule has 2 aromatic rings. The highest BCUT2D eigenvalue weighted by Gasteiger charge is 2.45. The van der Waals surface area contributed by atoms with Crippen LogP contribution in [0.2, 0.25) is 0 Å². The molecule has 1 aromatic carbocycles. The van der Waals surface area contributed by atoms with Crippen molar-refractivity contribution in [1.82, 2.24) is 20.8 Å². The highest BCUT2D eigenvalue weighted by Crippen LogP contribution is 2.36. The fourth-order valence-corrected chi connectivity index (χ4v) is 4.56. The summed E-state index contributed by atoms with van der Waals surface area (Å²) >= 11 is 0. The van der Waals surface area contributed by atoms with Crippen molar-refractivity contribution < 1.29 is 50.0 Å². The van der Waals surface area contributed by atoms with E-state index in [4.69, 9.17) is 9.47 Å². The summed E-state index contributed by atoms with van der Waals surface area (Å²) in [6, 6.07) is 6.74. The molecule has 0 bridgehead atoms. The summed E-state index contributed by atoms with van der Waals surface area (Å²) in [4.78, 5) is 11.9. The van der Waals surface area contributed by atoms with E-state index in [2.05, 4.69) is 20.8 Å². The van der Waals surface area contributed by atoms with Gasteiger partial charge >= 0.3 is 6.03 Å². The predicted molar refractivity (Wildman–Crippen MR) is 145 cm³/mol. The van der Waals surface area contributed by atoms with Crippen LogP contribution in [0.25, 0.3) is 0 Å². The maximum atomic E-state index is 11.9. The fourth-order valence-electron chi connectivity index (χ4n) is 4.56. The van der Waals surface area contributed by atoms with Gasteiger partial charge in [0.25, 0.3) is 0 Å². The lowest BCUT2D eigenvalue weighted by molar-refractivity contribution is -0.232. The molecule has 1 aliphatic rings. The number of ether oxygens (including phenoxy) is 2. The number of carbonyl (C=O) groups excluding carboxylic acids is 1. The topological polar surface area (TPSA) is 230 Å². The molecule has 1 fully saturated rings. The molecule has 1 saturated heterocycles. The number of nitrogens with one attached hydrogen (secondary N) is 3. The highest BCUT2D eigenvalue weighted by molar-refractivity contribution is 5.74. The Balaban J connectivity index is 1.58. The molecular weight excluding hydrogens is 540 g/mol. The third-order valence-electron chi connectivity index (χ3n) is 7.12. The number of nitrogens with zero attached hydrogens (tertiary/aromatic N) is 1. The van der Waals surface area contributed by atoms with Gasteiger partial charge in [-0.25, -0.2) is 4.79 Å². The number of H-pyrrole nitrogens is 1. The molecule has 0 spiro atoms. The third kappa shape index (κ3) is 7.93. The second kappa shape index (κ2) is 14.9. The first-order chi connectivity index (χ1) is 19.6. The lowest BCUT2D eigenvalue weighted by atomic mass is 9.89. The zero-order valence-electron chi connectivity index (χ0n) is 23.2. The van der Waals surface area contributed by atoms with Gasteiger partial charge in [-0.15, -0.1) is 0 Å². The van der Waals surface area contributed by atoms with E-state index in [1.807, 2.05) is 26.0 Å². The van der Waals surface area contributed by atoms with Crippen molar-refractivity contribution in [2.24, 2.45) is 0 Å². The fraction of sp³-hybridized carbons (Fsp3) is 0.630. The number of rotatable bonds is 14. The number of aromatic nitrogens is 2. The van der Waals surface area contributed by atoms with Crippen LogP contribution in [0.3, 0.4) is 0 Å². The monoisotopic (exact) mass is 582 g/mol. The molecule has 5 atom stereocenters. The number of amides is 2. The Morgan fingerprint density at radius 2 is 1.71 bits per heavy atom. The molecule has 3 rings (SSSR count). The van der Waals surface area contributed by atoms with Gasteiger partial charge in [0, 0.05) is 18.5 Å². The number of hydrogen-bond donors (Lipinski definition) is 10. The van der Waals surface area contributed by atoms with Crippen LogP contribution < -0.4 is 15.4 Å². The van der Waals surface area contributed by atoms with Gasteiger partial charge in [-0.2, -0.15) is 5.10 Å². The Kier molecular flexibility index (Phi) is 11.9. The van der Waals surface area contributed by atoms with E-state index in [1.54, 1.807) is 12.1 Å². The largest absolute Gasteiger partial charge is 0.494 e. The third-order valence-corrected chi connectivity index (χ3v) is 7.12. The number of carbonyl (C=O) groups is 1. The Labute approximate surface area is 237 Å². The Bertz CT molecular complexity index is 1080. The van der Waals surface area contributed by atoms with Gasteiger partial charge in [0.15, 0.2) is 0 Å². The van der Waals surface area contributed by atoms with Crippen molar-refractivity contribution in [3.63, 3.8) is 0 Å². The van der Waals surface area contributed by atoms with Crippen molar-refractivity contribution in [3.8, 4) is 5.75 Å². The minimum Gasteiger partial charge on any atom is -0.494 e. The van der Waals surface area contributed by atoms with Crippen LogP contribution in [-0.2, 0) is 11.2 Å². The van der Waals surface area contributed by atoms with Gasteiger partial charge in [-0.05, 0) is 30.0 Å². The van der Waals surface area contributed by atoms with Crippen LogP contribution in [0.1, 0.15) is 54.8 Å². The van der Waals surface area contributed by atoms with E-state index >= 15 is 0 Å². The highest BCUT2D eigenvalue weighted by atomic mass is 16.5. The normalized spacial score (nSPS) is 23.0. The molecule has 230 valence electrons. The molecule has 2 amide bonds. The van der Waals surface area contributed by atoms with Crippen LogP contribution in [0, 0.1) is 0 Å². The van der Waals surface area contributed by atoms with E-state index in [0.717, 1.165) is 16.8 Å². The van der Waals surface area contributed by atoms with Gasteiger partial charge in [-0.1, -0.05) is 26.0 Å². The lowest BCUT2D eigenvalue weighted by Crippen LogP contribution is -2.59. The molecule has 0 radical (unpaired) electrons. The van der Waals surface area contributed by atoms with Crippen LogP contribution in [0.4, 0.5) is 4.79 Å². The summed E-state index contributed by atoms with van der Waals surface area (Å²) in [7, 11) is 0. The first kappa shape index (κ1) is 32.7. The summed E-state index contributed by atoms with van der Waals surface area (Å²) in [5.41, 5.74) is 1.45. The molecule has 14 heteroatoms. The quantitative estimate of drug-likeness (QED) is 0.114. The molecule has 41 heavy (non-hydrogen) atoms. The molecule has 1 aromatic heterocycles. The van der Waals surface area contributed by atoms with E-state index in [0.29, 0.717) is 30.9 Å². The van der Waals surface area contributed by atoms with Gasteiger partial charge < -0.3 is 55.9 Å². The number of hydrogen-bond acceptors (Lipinski definition) is 11. The predicted octanol–water partition coefficient (Wildman–Crippen LogP) is -1.58. The number of urea groups is 1. The average molecular weight is 583 g/mol. The molecular formula is C27H42N4O10. The van der Waals surface area contributed by atoms with Gasteiger partial charge in [0.1, 0.15) is 41.8 Å². The molecule has 2 heterocycles. The number of aromatic amines is 1. The average Bonchev–Trinajstić information content (AvgIpc) is 3.39. The van der Waals surface area contributed by atoms with Crippen LogP contribution in [0.15, 0.2) is 24.3 Å². The van der Waals surface area contributed by atoms with E-state index in [9.17, 15) is 40.5 Å². The smallest absolute Gasteiger partial charge is 0.315 e. The van der Waals surface area contributed by atoms with Crippen LogP contribution in [-0.4, -0.2) is 122 Å². The molecule has 0 saturated carbocycles. The van der Waals surface area contributed by atoms with Crippen molar-refractivity contribution in [1.29, 1.82) is 0 Å². The Hall–Kier alpha value is -2.82. The number of benzene rings is 1. The zero-order chi connectivity index (χ0) is 30.2. The van der Waals surface area contributed by atoms with Crippen LogP contribution in [0.5, 0.6) is 5.75 Å². The second-order valence-corrected chi connectivity index (χ2v) is 10.6. The maximum absolute atomic E-state index is 11.9. The Morgan fingerprint density at radius 3 is 2.29 bits per heavy atom. The van der Waals surface area contributed by atoms with Crippen molar-refractivity contribution in [3.05, 3.63) is 46.8 Å². The number of aliphatic hydroxyl groups is 7. The SMILES string of the molecule is CC(C)c1n[nH]c([C@@H]2O[C@H](CO)[C@@H](O)[C@H](O)[C@H]2O)c1Cc1ccc(OCCCNC(=O)NC(CO)(CO)CO)cc1. The standard InChI is InChI=1S/C27H42N4O10/c1-15(2)20-18(21(31-30-20)25-24(38)23(37)22(36)19(11-32)41-25)10-16-4-6-17(7-5-16)40-9-3-8-28-26(39)29-27(12-33,13-34)14-35/h4-7,15,19,22-25,32-38H,3,8-14H2,1-2H3,(H,30,31)(H2,28,29,39)/t19-,22-,23+,24-,25+/m1/s1. The molecule has 0 aliphatic carbocycles. The molecule has 0 unspecified atom stereocenters. The van der Waals surface area contributed by atoms with Crippen LogP contribution >= 0.6 is 0 Å². The maximum Gasteiger partial charge on any atom is 0.315 e. The summed E-state index contributed by atoms with van der Waals surface area (Å²) in [6.07, 6.45) is -5.52. The van der Waals surface area contributed by atoms with Crippen molar-refractivity contribution in [2.45, 2.75) is 68.7 Å². The molecule has 14 nitrogen and oxygen atoms in total. The summed E-state index contributed by atoms with van der Waals surface area (Å²) < 4.78 is 11.5. The summed E-state index contributed by atoms with van der Waals surface area (Å²) in [5.74, 6) is 0.661. The first-order valence-electron chi connectivity index (χ1n) is 13.6.